The fourth-order valence-electron chi connectivity index (χ4n) is 10.4. The van der Waals surface area contributed by atoms with Gasteiger partial charge in [-0.1, -0.05) is 19.1 Å². The third-order valence-electron chi connectivity index (χ3n) is 13.6. The number of imide groups is 2. The van der Waals surface area contributed by atoms with E-state index in [1.807, 2.05) is 30.3 Å². The lowest BCUT2D eigenvalue weighted by molar-refractivity contribution is -0.136. The van der Waals surface area contributed by atoms with Gasteiger partial charge in [-0.2, -0.15) is 0 Å². The molecule has 5 atom stereocenters. The van der Waals surface area contributed by atoms with E-state index in [1.165, 1.54) is 19.6 Å². The van der Waals surface area contributed by atoms with Crippen LogP contribution in [0.3, 0.4) is 0 Å². The fourth-order valence-corrected chi connectivity index (χ4v) is 10.4. The Hall–Kier alpha value is -5.08. The standard InChI is InChI=1S/C41H47N9O5/c1-41(10-12-48(13-11-41)24-6-7-26-28(16-24)40(55)50(39(26)54)33-8-9-36(52)43-38(33)53)23-47-21-30-29(31(30)22-47)20-46-14-15-49-25(19-46)18-42-37-34(49)17-32(44-45-37)27-4-2-3-5-35(27)51/h2-7,16-17,25,29-31,33,51H,8-15,18-23H2,1H3,(H,42,45)(H,43,52,53)/t25-,29?,30-,31+,33?/m0/s1. The zero-order valence-corrected chi connectivity index (χ0v) is 31.1. The van der Waals surface area contributed by atoms with Gasteiger partial charge in [-0.15, -0.1) is 10.2 Å². The van der Waals surface area contributed by atoms with Gasteiger partial charge in [0, 0.05) is 83.1 Å². The second-order valence-corrected chi connectivity index (χ2v) is 17.1. The largest absolute Gasteiger partial charge is 0.507 e. The van der Waals surface area contributed by atoms with Gasteiger partial charge in [0.05, 0.1) is 28.6 Å². The highest BCUT2D eigenvalue weighted by Crippen LogP contribution is 2.53. The van der Waals surface area contributed by atoms with Crippen LogP contribution in [0, 0.1) is 23.2 Å². The number of aromatic nitrogens is 2. The Bertz CT molecular complexity index is 2090. The van der Waals surface area contributed by atoms with Crippen LogP contribution in [-0.2, 0) is 9.59 Å². The molecule has 55 heavy (non-hydrogen) atoms. The summed E-state index contributed by atoms with van der Waals surface area (Å²) in [5.41, 5.74) is 4.26. The van der Waals surface area contributed by atoms with Crippen molar-refractivity contribution in [3.8, 4) is 17.0 Å². The number of piperidine rings is 3. The van der Waals surface area contributed by atoms with Crippen LogP contribution < -0.4 is 20.4 Å². The molecule has 4 saturated heterocycles. The number of phenols is 1. The van der Waals surface area contributed by atoms with Crippen molar-refractivity contribution in [2.45, 2.75) is 44.7 Å². The Morgan fingerprint density at radius 3 is 2.42 bits per heavy atom. The second kappa shape index (κ2) is 13.0. The van der Waals surface area contributed by atoms with Crippen molar-refractivity contribution in [1.82, 2.24) is 30.2 Å². The lowest BCUT2D eigenvalue weighted by Crippen LogP contribution is -2.58. The molecular weight excluding hydrogens is 699 g/mol. The molecule has 3 aromatic rings. The van der Waals surface area contributed by atoms with Gasteiger partial charge in [-0.25, -0.2) is 0 Å². The number of likely N-dealkylation sites (tertiary alicyclic amines) is 1. The number of hydrogen-bond donors (Lipinski definition) is 3. The number of amides is 4. The van der Waals surface area contributed by atoms with Gasteiger partial charge in [-0.3, -0.25) is 34.3 Å². The minimum absolute atomic E-state index is 0.107. The molecule has 0 spiro atoms. The Kier molecular flexibility index (Phi) is 8.14. The molecule has 1 saturated carbocycles. The van der Waals surface area contributed by atoms with E-state index in [0.717, 1.165) is 98.5 Å². The van der Waals surface area contributed by atoms with Crippen molar-refractivity contribution in [1.29, 1.82) is 0 Å². The molecule has 1 aliphatic carbocycles. The number of para-hydroxylation sites is 1. The summed E-state index contributed by atoms with van der Waals surface area (Å²) in [7, 11) is 0. The molecule has 1 aromatic heterocycles. The highest BCUT2D eigenvalue weighted by Gasteiger charge is 2.56. The van der Waals surface area contributed by atoms with E-state index in [-0.39, 0.29) is 29.9 Å². The maximum absolute atomic E-state index is 13.4. The van der Waals surface area contributed by atoms with Crippen molar-refractivity contribution in [3.63, 3.8) is 0 Å². The second-order valence-electron chi connectivity index (χ2n) is 17.1. The number of carbonyl (C=O) groups is 4. The number of nitrogens with one attached hydrogen (secondary N) is 2. The summed E-state index contributed by atoms with van der Waals surface area (Å²) in [6.45, 7) is 12.7. The van der Waals surface area contributed by atoms with Crippen LogP contribution in [0.15, 0.2) is 48.5 Å². The molecule has 3 N–H and O–H groups in total. The van der Waals surface area contributed by atoms with E-state index in [1.54, 1.807) is 12.1 Å². The number of fused-ring (bicyclic) bond motifs is 5. The Balaban J connectivity index is 0.702. The van der Waals surface area contributed by atoms with Crippen LogP contribution in [0.25, 0.3) is 11.3 Å². The summed E-state index contributed by atoms with van der Waals surface area (Å²) in [4.78, 5) is 61.9. The molecule has 10 rings (SSSR count). The van der Waals surface area contributed by atoms with E-state index in [2.05, 4.69) is 53.4 Å². The maximum atomic E-state index is 13.4. The van der Waals surface area contributed by atoms with Crippen molar-refractivity contribution in [2.75, 3.05) is 80.6 Å². The van der Waals surface area contributed by atoms with E-state index in [9.17, 15) is 24.3 Å². The molecule has 7 aliphatic rings. The highest BCUT2D eigenvalue weighted by molar-refractivity contribution is 6.23. The third-order valence-corrected chi connectivity index (χ3v) is 13.6. The van der Waals surface area contributed by atoms with E-state index >= 15 is 0 Å². The number of benzene rings is 2. The van der Waals surface area contributed by atoms with Crippen molar-refractivity contribution < 1.29 is 24.3 Å². The van der Waals surface area contributed by atoms with Crippen LogP contribution in [0.2, 0.25) is 0 Å². The topological polar surface area (TPSA) is 155 Å². The predicted molar refractivity (Wildman–Crippen MR) is 205 cm³/mol. The molecule has 286 valence electrons. The van der Waals surface area contributed by atoms with Gasteiger partial charge in [0.1, 0.15) is 11.8 Å². The third kappa shape index (κ3) is 6.00. The van der Waals surface area contributed by atoms with E-state index in [0.29, 0.717) is 28.4 Å². The summed E-state index contributed by atoms with van der Waals surface area (Å²) in [5.74, 6) is 1.49. The summed E-state index contributed by atoms with van der Waals surface area (Å²) >= 11 is 0. The molecule has 14 heteroatoms. The summed E-state index contributed by atoms with van der Waals surface area (Å²) in [6, 6.07) is 14.2. The highest BCUT2D eigenvalue weighted by atomic mass is 16.3. The first-order valence-corrected chi connectivity index (χ1v) is 19.8. The fraction of sp³-hybridized carbons (Fsp3) is 0.512. The molecule has 7 heterocycles. The Morgan fingerprint density at radius 1 is 0.855 bits per heavy atom. The molecular formula is C41H47N9O5. The lowest BCUT2D eigenvalue weighted by atomic mass is 9.79. The molecule has 14 nitrogen and oxygen atoms in total. The Morgan fingerprint density at radius 2 is 1.64 bits per heavy atom. The molecule has 4 amide bonds. The first-order valence-electron chi connectivity index (χ1n) is 19.8. The predicted octanol–water partition coefficient (Wildman–Crippen LogP) is 2.65. The van der Waals surface area contributed by atoms with Crippen molar-refractivity contribution in [3.05, 3.63) is 59.7 Å². The minimum Gasteiger partial charge on any atom is -0.507 e. The monoisotopic (exact) mass is 745 g/mol. The number of nitrogens with zero attached hydrogens (tertiary/aromatic N) is 7. The van der Waals surface area contributed by atoms with Crippen LogP contribution >= 0.6 is 0 Å². The number of aromatic hydroxyl groups is 1. The summed E-state index contributed by atoms with van der Waals surface area (Å²) in [5, 5.41) is 25.0. The zero-order valence-electron chi connectivity index (χ0n) is 31.1. The number of hydrogen-bond acceptors (Lipinski definition) is 12. The van der Waals surface area contributed by atoms with Gasteiger partial charge in [-0.05, 0) is 78.8 Å². The number of anilines is 3. The van der Waals surface area contributed by atoms with E-state index in [4.69, 9.17) is 0 Å². The van der Waals surface area contributed by atoms with Gasteiger partial charge in [0.25, 0.3) is 11.8 Å². The van der Waals surface area contributed by atoms with Gasteiger partial charge >= 0.3 is 0 Å². The lowest BCUT2D eigenvalue weighted by Gasteiger charge is -2.46. The maximum Gasteiger partial charge on any atom is 0.262 e. The first-order chi connectivity index (χ1) is 26.6. The molecule has 0 bridgehead atoms. The smallest absolute Gasteiger partial charge is 0.262 e. The van der Waals surface area contributed by atoms with Gasteiger partial charge < -0.3 is 25.1 Å². The van der Waals surface area contributed by atoms with E-state index < -0.39 is 23.8 Å². The summed E-state index contributed by atoms with van der Waals surface area (Å²) in [6.07, 6.45) is 2.36. The quantitative estimate of drug-likeness (QED) is 0.305. The van der Waals surface area contributed by atoms with Crippen LogP contribution in [-0.4, -0.2) is 131 Å². The van der Waals surface area contributed by atoms with Gasteiger partial charge in [0.15, 0.2) is 5.82 Å². The van der Waals surface area contributed by atoms with Crippen LogP contribution in [0.4, 0.5) is 17.2 Å². The minimum atomic E-state index is -0.955. The Labute approximate surface area is 319 Å². The van der Waals surface area contributed by atoms with Crippen LogP contribution in [0.5, 0.6) is 5.75 Å². The molecule has 2 unspecified atom stereocenters. The van der Waals surface area contributed by atoms with Gasteiger partial charge in [0.2, 0.25) is 11.8 Å². The molecule has 0 radical (unpaired) electrons. The molecule has 2 aromatic carbocycles. The average Bonchev–Trinajstić information content (AvgIpc) is 3.49. The summed E-state index contributed by atoms with van der Waals surface area (Å²) < 4.78 is 0. The molecule has 5 fully saturated rings. The van der Waals surface area contributed by atoms with Crippen LogP contribution in [0.1, 0.15) is 53.3 Å². The van der Waals surface area contributed by atoms with Crippen molar-refractivity contribution >= 4 is 40.8 Å². The number of phenolic OH excluding ortho intramolecular Hbond substituents is 1. The zero-order chi connectivity index (χ0) is 37.6. The number of rotatable bonds is 7. The number of piperazine rings is 1. The SMILES string of the molecule is CC1(CN2C[C@@H]3C(CN4CCN5c6cc(-c7ccccc7O)nnc6NC[C@H]5C4)[C@@H]3C2)CCN(c2ccc3c(c2)C(=O)N(C2CCC(=O)NC2=O)C3=O)CC1. The average molecular weight is 746 g/mol. The van der Waals surface area contributed by atoms with Crippen molar-refractivity contribution in [2.24, 2.45) is 23.2 Å². The number of carbonyl (C=O) groups excluding carboxylic acids is 4. The molecule has 6 aliphatic heterocycles. The normalized spacial score (nSPS) is 28.7. The first kappa shape index (κ1) is 34.4.